The molecule has 4 aliphatic rings. The number of piperidine rings is 3. The van der Waals surface area contributed by atoms with Crippen molar-refractivity contribution < 1.29 is 8.83 Å². The van der Waals surface area contributed by atoms with Gasteiger partial charge in [0.1, 0.15) is 6.07 Å². The molecule has 0 unspecified atom stereocenters. The molecule has 1 aliphatic carbocycles. The van der Waals surface area contributed by atoms with Gasteiger partial charge in [-0.3, -0.25) is 4.90 Å². The maximum atomic E-state index is 9.73. The summed E-state index contributed by atoms with van der Waals surface area (Å²) in [5.41, 5.74) is 1.92. The molecule has 150 valence electrons. The molecule has 5 heterocycles. The number of hydrogen-bond donors (Lipinski definition) is 0. The summed E-state index contributed by atoms with van der Waals surface area (Å²) in [5.74, 6) is 2.88. The van der Waals surface area contributed by atoms with E-state index in [9.17, 15) is 5.26 Å². The highest BCUT2D eigenvalue weighted by Crippen LogP contribution is 2.46. The first-order chi connectivity index (χ1) is 14.3. The SMILES string of the molecule is N#Cc1nc(-c2ccco2)oc1N1CCCC2=C[C@@H]3C[C@@H](CN4CCCC[C@H]34)[C@@H]21. The molecule has 3 fully saturated rings. The average molecular weight is 390 g/mol. The van der Waals surface area contributed by atoms with Crippen LogP contribution in [0.4, 0.5) is 5.88 Å². The van der Waals surface area contributed by atoms with E-state index in [0.29, 0.717) is 41.1 Å². The van der Waals surface area contributed by atoms with E-state index in [2.05, 4.69) is 26.9 Å². The maximum absolute atomic E-state index is 9.73. The van der Waals surface area contributed by atoms with Crippen molar-refractivity contribution in [2.45, 2.75) is 50.6 Å². The van der Waals surface area contributed by atoms with Gasteiger partial charge in [-0.2, -0.15) is 10.2 Å². The fourth-order valence-corrected chi connectivity index (χ4v) is 6.29. The highest BCUT2D eigenvalue weighted by molar-refractivity contribution is 5.57. The van der Waals surface area contributed by atoms with Crippen molar-refractivity contribution in [3.8, 4) is 17.7 Å². The molecule has 2 aromatic heterocycles. The van der Waals surface area contributed by atoms with Gasteiger partial charge >= 0.3 is 0 Å². The fourth-order valence-electron chi connectivity index (χ4n) is 6.29. The van der Waals surface area contributed by atoms with Gasteiger partial charge in [0, 0.05) is 19.1 Å². The van der Waals surface area contributed by atoms with Crippen molar-refractivity contribution in [1.82, 2.24) is 9.88 Å². The first-order valence-corrected chi connectivity index (χ1v) is 11.0. The van der Waals surface area contributed by atoms with E-state index in [1.807, 2.05) is 12.1 Å². The fraction of sp³-hybridized carbons (Fsp3) is 0.565. The van der Waals surface area contributed by atoms with Gasteiger partial charge in [0.25, 0.3) is 5.89 Å². The molecule has 29 heavy (non-hydrogen) atoms. The molecule has 6 rings (SSSR count). The molecule has 2 aromatic rings. The van der Waals surface area contributed by atoms with E-state index >= 15 is 0 Å². The summed E-state index contributed by atoms with van der Waals surface area (Å²) < 4.78 is 11.6. The van der Waals surface area contributed by atoms with Crippen molar-refractivity contribution in [2.75, 3.05) is 24.5 Å². The minimum atomic E-state index is 0.326. The van der Waals surface area contributed by atoms with Crippen LogP contribution in [0.15, 0.2) is 38.9 Å². The summed E-state index contributed by atoms with van der Waals surface area (Å²) in [6.07, 6.45) is 11.8. The normalized spacial score (nSPS) is 31.6. The number of fused-ring (bicyclic) bond motifs is 6. The number of oxazole rings is 1. The van der Waals surface area contributed by atoms with Crippen LogP contribution in [0.25, 0.3) is 11.7 Å². The summed E-state index contributed by atoms with van der Waals surface area (Å²) >= 11 is 0. The van der Waals surface area contributed by atoms with Gasteiger partial charge in [0.15, 0.2) is 5.76 Å². The molecule has 6 heteroatoms. The minimum Gasteiger partial charge on any atom is -0.459 e. The molecule has 3 saturated heterocycles. The number of furan rings is 1. The van der Waals surface area contributed by atoms with Gasteiger partial charge in [-0.25, -0.2) is 0 Å². The first-order valence-electron chi connectivity index (χ1n) is 11.0. The Kier molecular flexibility index (Phi) is 4.05. The largest absolute Gasteiger partial charge is 0.459 e. The summed E-state index contributed by atoms with van der Waals surface area (Å²) in [4.78, 5) is 9.51. The Labute approximate surface area is 170 Å². The van der Waals surface area contributed by atoms with E-state index in [-0.39, 0.29) is 0 Å². The second-order valence-electron chi connectivity index (χ2n) is 8.96. The maximum Gasteiger partial charge on any atom is 0.266 e. The number of nitriles is 1. The van der Waals surface area contributed by atoms with Crippen LogP contribution in [0, 0.1) is 23.2 Å². The van der Waals surface area contributed by atoms with Crippen LogP contribution >= 0.6 is 0 Å². The Morgan fingerprint density at radius 3 is 3.03 bits per heavy atom. The lowest BCUT2D eigenvalue weighted by Crippen LogP contribution is -2.59. The smallest absolute Gasteiger partial charge is 0.266 e. The van der Waals surface area contributed by atoms with Crippen molar-refractivity contribution in [2.24, 2.45) is 11.8 Å². The van der Waals surface area contributed by atoms with Crippen LogP contribution in [0.3, 0.4) is 0 Å². The Morgan fingerprint density at radius 2 is 2.17 bits per heavy atom. The first kappa shape index (κ1) is 17.3. The Morgan fingerprint density at radius 1 is 1.21 bits per heavy atom. The second kappa shape index (κ2) is 6.77. The predicted molar refractivity (Wildman–Crippen MR) is 108 cm³/mol. The number of aromatic nitrogens is 1. The van der Waals surface area contributed by atoms with Crippen LogP contribution in [-0.2, 0) is 0 Å². The Balaban J connectivity index is 1.38. The highest BCUT2D eigenvalue weighted by Gasteiger charge is 2.47. The van der Waals surface area contributed by atoms with Gasteiger partial charge in [0.2, 0.25) is 11.6 Å². The molecule has 2 bridgehead atoms. The molecule has 4 atom stereocenters. The van der Waals surface area contributed by atoms with Gasteiger partial charge in [0.05, 0.1) is 12.3 Å². The third-order valence-electron chi connectivity index (χ3n) is 7.37. The number of hydrogen-bond acceptors (Lipinski definition) is 6. The summed E-state index contributed by atoms with van der Waals surface area (Å²) in [6.45, 7) is 3.32. The molecular weight excluding hydrogens is 364 g/mol. The second-order valence-corrected chi connectivity index (χ2v) is 8.96. The lowest BCUT2D eigenvalue weighted by Gasteiger charge is -2.54. The summed E-state index contributed by atoms with van der Waals surface area (Å²) in [6, 6.07) is 6.96. The van der Waals surface area contributed by atoms with Gasteiger partial charge in [-0.15, -0.1) is 0 Å². The molecular formula is C23H26N4O2. The molecule has 0 radical (unpaired) electrons. The molecule has 0 spiro atoms. The number of rotatable bonds is 2. The van der Waals surface area contributed by atoms with Gasteiger partial charge in [-0.05, 0) is 62.6 Å². The van der Waals surface area contributed by atoms with Crippen molar-refractivity contribution in [3.05, 3.63) is 35.7 Å². The topological polar surface area (TPSA) is 69.4 Å². The molecule has 6 nitrogen and oxygen atoms in total. The quantitative estimate of drug-likeness (QED) is 0.716. The Bertz CT molecular complexity index is 970. The predicted octanol–water partition coefficient (Wildman–Crippen LogP) is 4.21. The van der Waals surface area contributed by atoms with Crippen LogP contribution in [0.1, 0.15) is 44.2 Å². The van der Waals surface area contributed by atoms with Crippen LogP contribution in [0.5, 0.6) is 0 Å². The van der Waals surface area contributed by atoms with E-state index in [1.54, 1.807) is 11.8 Å². The van der Waals surface area contributed by atoms with Crippen molar-refractivity contribution >= 4 is 5.88 Å². The van der Waals surface area contributed by atoms with E-state index in [0.717, 1.165) is 19.0 Å². The zero-order valence-electron chi connectivity index (χ0n) is 16.6. The molecule has 3 aliphatic heterocycles. The molecule has 0 N–H and O–H groups in total. The Hall–Kier alpha value is -2.52. The summed E-state index contributed by atoms with van der Waals surface area (Å²) in [5, 5.41) is 9.73. The third-order valence-corrected chi connectivity index (χ3v) is 7.37. The average Bonchev–Trinajstić information content (AvgIpc) is 3.43. The molecule has 0 amide bonds. The molecule has 0 aromatic carbocycles. The van der Waals surface area contributed by atoms with Crippen molar-refractivity contribution in [1.29, 1.82) is 5.26 Å². The van der Waals surface area contributed by atoms with Gasteiger partial charge < -0.3 is 13.7 Å². The van der Waals surface area contributed by atoms with E-state index < -0.39 is 0 Å². The number of anilines is 1. The minimum absolute atomic E-state index is 0.326. The zero-order valence-corrected chi connectivity index (χ0v) is 16.6. The monoisotopic (exact) mass is 390 g/mol. The van der Waals surface area contributed by atoms with Crippen LogP contribution < -0.4 is 4.90 Å². The number of nitrogens with zero attached hydrogens (tertiary/aromatic N) is 4. The zero-order chi connectivity index (χ0) is 19.4. The van der Waals surface area contributed by atoms with Crippen LogP contribution in [0.2, 0.25) is 0 Å². The highest BCUT2D eigenvalue weighted by atomic mass is 16.4. The van der Waals surface area contributed by atoms with Gasteiger partial charge in [-0.1, -0.05) is 18.1 Å². The lowest BCUT2D eigenvalue weighted by atomic mass is 9.68. The molecule has 0 saturated carbocycles. The van der Waals surface area contributed by atoms with E-state index in [1.165, 1.54) is 45.2 Å². The lowest BCUT2D eigenvalue weighted by molar-refractivity contribution is 0.0306. The van der Waals surface area contributed by atoms with Crippen molar-refractivity contribution in [3.63, 3.8) is 0 Å². The summed E-state index contributed by atoms with van der Waals surface area (Å²) in [7, 11) is 0. The third kappa shape index (κ3) is 2.75. The van der Waals surface area contributed by atoms with E-state index in [4.69, 9.17) is 8.83 Å². The standard InChI is InChI=1S/C23H26N4O2/c24-13-18-23(29-22(25-18)20-7-4-10-28-20)27-9-3-5-15-11-16-12-17(21(15)27)14-26-8-2-1-6-19(16)26/h4,7,10-11,16-17,19,21H,1-3,5-6,8-9,12,14H2/t16-,17+,19-,21-/m1/s1. The van der Waals surface area contributed by atoms with Crippen LogP contribution in [-0.4, -0.2) is 41.6 Å².